The number of rotatable bonds is 6. The molecule has 3 N–H and O–H groups in total. The molecular formula is C28H35N5O3. The minimum atomic E-state index is -0.0679. The number of H-pyrrole nitrogens is 1. The van der Waals surface area contributed by atoms with E-state index in [2.05, 4.69) is 37.9 Å². The van der Waals surface area contributed by atoms with Crippen LogP contribution in [0.1, 0.15) is 47.3 Å². The molecular weight excluding hydrogens is 454 g/mol. The van der Waals surface area contributed by atoms with Crippen molar-refractivity contribution in [2.45, 2.75) is 52.2 Å². The smallest absolute Gasteiger partial charge is 0.234 e. The van der Waals surface area contributed by atoms with Crippen LogP contribution >= 0.6 is 0 Å². The second kappa shape index (κ2) is 12.9. The average molecular weight is 490 g/mol. The van der Waals surface area contributed by atoms with Gasteiger partial charge in [-0.3, -0.25) is 19.6 Å². The highest BCUT2D eigenvalue weighted by Gasteiger charge is 2.17. The van der Waals surface area contributed by atoms with E-state index in [-0.39, 0.29) is 18.2 Å². The number of ether oxygens (including phenoxy) is 1. The number of aryl methyl sites for hydroxylation is 1. The van der Waals surface area contributed by atoms with Crippen LogP contribution in [0.4, 0.5) is 0 Å². The van der Waals surface area contributed by atoms with E-state index in [9.17, 15) is 9.59 Å². The molecule has 8 nitrogen and oxygen atoms in total. The Bertz CT molecular complexity index is 1150. The summed E-state index contributed by atoms with van der Waals surface area (Å²) in [7, 11) is 0. The van der Waals surface area contributed by atoms with Gasteiger partial charge in [0.15, 0.2) is 0 Å². The van der Waals surface area contributed by atoms with E-state index < -0.39 is 0 Å². The molecule has 36 heavy (non-hydrogen) atoms. The van der Waals surface area contributed by atoms with Crippen LogP contribution in [0.5, 0.6) is 5.75 Å². The third-order valence-corrected chi connectivity index (χ3v) is 6.13. The summed E-state index contributed by atoms with van der Waals surface area (Å²) in [6, 6.07) is 18.0. The topological polar surface area (TPSA) is 99.3 Å². The number of aromatic nitrogens is 2. The fraction of sp³-hybridized carbons (Fsp3) is 0.393. The molecule has 190 valence electrons. The van der Waals surface area contributed by atoms with E-state index >= 15 is 0 Å². The molecule has 1 aliphatic rings. The molecule has 0 radical (unpaired) electrons. The fourth-order valence-electron chi connectivity index (χ4n) is 4.33. The maximum atomic E-state index is 12.7. The zero-order chi connectivity index (χ0) is 25.2. The Balaban J connectivity index is 1.50. The highest BCUT2D eigenvalue weighted by molar-refractivity contribution is 5.79. The van der Waals surface area contributed by atoms with Gasteiger partial charge >= 0.3 is 0 Å². The van der Waals surface area contributed by atoms with Crippen molar-refractivity contribution in [1.29, 1.82) is 0 Å². The first kappa shape index (κ1) is 25.4. The zero-order valence-electron chi connectivity index (χ0n) is 20.9. The normalized spacial score (nSPS) is 15.4. The summed E-state index contributed by atoms with van der Waals surface area (Å²) in [5.41, 5.74) is 4.79. The van der Waals surface area contributed by atoms with Crippen molar-refractivity contribution in [3.63, 3.8) is 0 Å². The molecule has 2 heterocycles. The molecule has 1 aromatic heterocycles. The van der Waals surface area contributed by atoms with Gasteiger partial charge in [-0.05, 0) is 49.4 Å². The van der Waals surface area contributed by atoms with Crippen LogP contribution in [-0.2, 0) is 35.6 Å². The van der Waals surface area contributed by atoms with Crippen molar-refractivity contribution in [2.24, 2.45) is 0 Å². The second-order valence-electron chi connectivity index (χ2n) is 9.33. The summed E-state index contributed by atoms with van der Waals surface area (Å²) >= 11 is 0. The minimum absolute atomic E-state index is 0.0248. The lowest BCUT2D eigenvalue weighted by Crippen LogP contribution is -2.37. The number of nitrogens with zero attached hydrogens (tertiary/aromatic N) is 2. The summed E-state index contributed by atoms with van der Waals surface area (Å²) in [5, 5.41) is 13.0. The quantitative estimate of drug-likeness (QED) is 0.494. The van der Waals surface area contributed by atoms with E-state index in [0.717, 1.165) is 53.1 Å². The first-order valence-electron chi connectivity index (χ1n) is 12.6. The Morgan fingerprint density at radius 1 is 1.06 bits per heavy atom. The first-order valence-corrected chi connectivity index (χ1v) is 12.6. The molecule has 0 bridgehead atoms. The van der Waals surface area contributed by atoms with Crippen LogP contribution in [0.15, 0.2) is 54.6 Å². The van der Waals surface area contributed by atoms with Crippen LogP contribution in [0.25, 0.3) is 0 Å². The summed E-state index contributed by atoms with van der Waals surface area (Å²) in [6.07, 6.45) is 3.12. The number of amides is 2. The summed E-state index contributed by atoms with van der Waals surface area (Å²) < 4.78 is 6.15. The fourth-order valence-corrected chi connectivity index (χ4v) is 4.33. The van der Waals surface area contributed by atoms with Gasteiger partial charge in [0.05, 0.1) is 31.8 Å². The molecule has 0 saturated carbocycles. The Morgan fingerprint density at radius 3 is 2.72 bits per heavy atom. The zero-order valence-corrected chi connectivity index (χ0v) is 20.9. The number of hydrogen-bond donors (Lipinski definition) is 3. The number of fused-ring (bicyclic) bond motifs is 1. The number of hydrogen-bond acceptors (Lipinski definition) is 5. The van der Waals surface area contributed by atoms with Gasteiger partial charge in [0, 0.05) is 30.9 Å². The van der Waals surface area contributed by atoms with E-state index in [1.165, 1.54) is 0 Å². The van der Waals surface area contributed by atoms with Gasteiger partial charge in [-0.25, -0.2) is 0 Å². The first-order chi connectivity index (χ1) is 17.5. The Hall–Kier alpha value is -3.65. The van der Waals surface area contributed by atoms with Gasteiger partial charge in [0.25, 0.3) is 0 Å². The second-order valence-corrected chi connectivity index (χ2v) is 9.33. The van der Waals surface area contributed by atoms with E-state index in [4.69, 9.17) is 4.74 Å². The predicted molar refractivity (Wildman–Crippen MR) is 138 cm³/mol. The molecule has 0 spiro atoms. The van der Waals surface area contributed by atoms with Gasteiger partial charge in [-0.15, -0.1) is 0 Å². The van der Waals surface area contributed by atoms with Crippen LogP contribution in [0, 0.1) is 6.92 Å². The van der Waals surface area contributed by atoms with Gasteiger partial charge in [0.1, 0.15) is 5.75 Å². The highest BCUT2D eigenvalue weighted by Crippen LogP contribution is 2.24. The monoisotopic (exact) mass is 489 g/mol. The SMILES string of the molecule is Cc1cc(CNC(=O)Cc2ccc3c(c2)CN(Cc2ccccc2)CC(=O)NCCCCCO3)n[nH]1. The molecule has 0 unspecified atom stereocenters. The average Bonchev–Trinajstić information content (AvgIpc) is 3.29. The molecule has 2 amide bonds. The Labute approximate surface area is 212 Å². The lowest BCUT2D eigenvalue weighted by Gasteiger charge is -2.23. The van der Waals surface area contributed by atoms with Gasteiger partial charge in [-0.2, -0.15) is 5.10 Å². The summed E-state index contributed by atoms with van der Waals surface area (Å²) in [5.74, 6) is 0.766. The van der Waals surface area contributed by atoms with Crippen molar-refractivity contribution < 1.29 is 14.3 Å². The van der Waals surface area contributed by atoms with Crippen LogP contribution < -0.4 is 15.4 Å². The summed E-state index contributed by atoms with van der Waals surface area (Å²) in [4.78, 5) is 27.4. The van der Waals surface area contributed by atoms with Crippen molar-refractivity contribution >= 4 is 11.8 Å². The molecule has 8 heteroatoms. The van der Waals surface area contributed by atoms with E-state index in [1.54, 1.807) is 0 Å². The van der Waals surface area contributed by atoms with E-state index in [0.29, 0.717) is 39.3 Å². The van der Waals surface area contributed by atoms with Crippen molar-refractivity contribution in [3.05, 3.63) is 82.7 Å². The highest BCUT2D eigenvalue weighted by atomic mass is 16.5. The molecule has 0 fully saturated rings. The Kier molecular flexibility index (Phi) is 9.10. The predicted octanol–water partition coefficient (Wildman–Crippen LogP) is 3.26. The summed E-state index contributed by atoms with van der Waals surface area (Å²) in [6.45, 7) is 5.10. The number of carbonyl (C=O) groups is 2. The molecule has 0 atom stereocenters. The van der Waals surface area contributed by atoms with Gasteiger partial charge in [0.2, 0.25) is 11.8 Å². The third kappa shape index (κ3) is 7.95. The Morgan fingerprint density at radius 2 is 1.92 bits per heavy atom. The largest absolute Gasteiger partial charge is 0.493 e. The van der Waals surface area contributed by atoms with Gasteiger partial charge < -0.3 is 15.4 Å². The number of nitrogens with one attached hydrogen (secondary N) is 3. The number of aromatic amines is 1. The standard InChI is InChI=1S/C28H35N5O3/c1-21-14-25(32-31-21)17-30-27(34)16-23-10-11-26-24(15-23)19-33(18-22-8-4-2-5-9-22)20-28(35)29-12-6-3-7-13-36-26/h2,4-5,8-11,14-15H,3,6-7,12-13,16-20H2,1H3,(H,29,35)(H,30,34)(H,31,32). The lowest BCUT2D eigenvalue weighted by molar-refractivity contribution is -0.122. The van der Waals surface area contributed by atoms with Crippen LogP contribution in [-0.4, -0.2) is 46.6 Å². The lowest BCUT2D eigenvalue weighted by atomic mass is 10.1. The van der Waals surface area contributed by atoms with Crippen molar-refractivity contribution in [3.8, 4) is 5.75 Å². The molecule has 2 aromatic carbocycles. The van der Waals surface area contributed by atoms with Crippen molar-refractivity contribution in [1.82, 2.24) is 25.7 Å². The maximum Gasteiger partial charge on any atom is 0.234 e. The maximum absolute atomic E-state index is 12.7. The third-order valence-electron chi connectivity index (χ3n) is 6.13. The van der Waals surface area contributed by atoms with Crippen LogP contribution in [0.3, 0.4) is 0 Å². The molecule has 4 rings (SSSR count). The molecule has 3 aromatic rings. The van der Waals surface area contributed by atoms with Gasteiger partial charge in [-0.1, -0.05) is 42.5 Å². The van der Waals surface area contributed by atoms with E-state index in [1.807, 2.05) is 49.4 Å². The molecule has 0 saturated heterocycles. The number of benzene rings is 2. The molecule has 0 aliphatic carbocycles. The number of carbonyl (C=O) groups excluding carboxylic acids is 2. The minimum Gasteiger partial charge on any atom is -0.493 e. The van der Waals surface area contributed by atoms with Crippen molar-refractivity contribution in [2.75, 3.05) is 19.7 Å². The van der Waals surface area contributed by atoms with Crippen LogP contribution in [0.2, 0.25) is 0 Å². The molecule has 1 aliphatic heterocycles.